The summed E-state index contributed by atoms with van der Waals surface area (Å²) in [5, 5.41) is 0. The van der Waals surface area contributed by atoms with Gasteiger partial charge in [-0.1, -0.05) is 57.3 Å². The van der Waals surface area contributed by atoms with E-state index in [-0.39, 0.29) is 0 Å². The van der Waals surface area contributed by atoms with Crippen molar-refractivity contribution < 1.29 is 0 Å². The Morgan fingerprint density at radius 2 is 2.00 bits per heavy atom. The molecule has 0 amide bonds. The fourth-order valence-corrected chi connectivity index (χ4v) is 2.27. The molecule has 1 aliphatic carbocycles. The first kappa shape index (κ1) is 11.6. The largest absolute Gasteiger partial charge is 0.103 e. The van der Waals surface area contributed by atoms with E-state index in [1.807, 2.05) is 6.08 Å². The second-order valence-corrected chi connectivity index (χ2v) is 4.67. The van der Waals surface area contributed by atoms with Gasteiger partial charge in [0.15, 0.2) is 0 Å². The Kier molecular flexibility index (Phi) is 5.66. The van der Waals surface area contributed by atoms with Crippen LogP contribution in [0.5, 0.6) is 0 Å². The molecule has 0 heteroatoms. The quantitative estimate of drug-likeness (QED) is 0.553. The molecule has 0 radical (unpaired) electrons. The van der Waals surface area contributed by atoms with E-state index in [4.69, 9.17) is 0 Å². The van der Waals surface area contributed by atoms with Gasteiger partial charge in [0, 0.05) is 0 Å². The third-order valence-corrected chi connectivity index (χ3v) is 3.20. The third kappa shape index (κ3) is 4.64. The van der Waals surface area contributed by atoms with Crippen LogP contribution in [0.3, 0.4) is 0 Å². The van der Waals surface area contributed by atoms with Crippen LogP contribution in [0.1, 0.15) is 51.9 Å². The maximum atomic E-state index is 3.76. The van der Waals surface area contributed by atoms with Crippen molar-refractivity contribution >= 4 is 0 Å². The zero-order chi connectivity index (χ0) is 10.2. The summed E-state index contributed by atoms with van der Waals surface area (Å²) >= 11 is 0. The van der Waals surface area contributed by atoms with Gasteiger partial charge in [0.05, 0.1) is 0 Å². The molecule has 0 heterocycles. The molecule has 1 aliphatic rings. The Morgan fingerprint density at radius 3 is 2.64 bits per heavy atom. The SMILES string of the molecule is C=CCC(C)/C=C\CC1CCCCC1. The Labute approximate surface area is 89.1 Å². The predicted octanol–water partition coefficient (Wildman–Crippen LogP) is 4.73. The lowest BCUT2D eigenvalue weighted by Gasteiger charge is -2.19. The molecule has 0 saturated heterocycles. The van der Waals surface area contributed by atoms with Crippen molar-refractivity contribution in [3.05, 3.63) is 24.8 Å². The first-order valence-electron chi connectivity index (χ1n) is 6.10. The average molecular weight is 192 g/mol. The van der Waals surface area contributed by atoms with Gasteiger partial charge in [-0.25, -0.2) is 0 Å². The van der Waals surface area contributed by atoms with Gasteiger partial charge in [-0.05, 0) is 24.7 Å². The van der Waals surface area contributed by atoms with E-state index in [0.717, 1.165) is 12.3 Å². The lowest BCUT2D eigenvalue weighted by Crippen LogP contribution is -2.04. The highest BCUT2D eigenvalue weighted by atomic mass is 14.2. The third-order valence-electron chi connectivity index (χ3n) is 3.20. The van der Waals surface area contributed by atoms with Gasteiger partial charge in [-0.15, -0.1) is 6.58 Å². The van der Waals surface area contributed by atoms with Gasteiger partial charge < -0.3 is 0 Å². The molecule has 14 heavy (non-hydrogen) atoms. The molecule has 1 rings (SSSR count). The van der Waals surface area contributed by atoms with E-state index in [2.05, 4.69) is 25.7 Å². The molecule has 1 unspecified atom stereocenters. The van der Waals surface area contributed by atoms with Crippen LogP contribution < -0.4 is 0 Å². The van der Waals surface area contributed by atoms with Gasteiger partial charge in [0.25, 0.3) is 0 Å². The van der Waals surface area contributed by atoms with Crippen LogP contribution >= 0.6 is 0 Å². The van der Waals surface area contributed by atoms with Crippen molar-refractivity contribution in [2.24, 2.45) is 11.8 Å². The molecule has 0 nitrogen and oxygen atoms in total. The molecular formula is C14H24. The van der Waals surface area contributed by atoms with Crippen molar-refractivity contribution in [1.29, 1.82) is 0 Å². The van der Waals surface area contributed by atoms with Gasteiger partial charge >= 0.3 is 0 Å². The standard InChI is InChI=1S/C14H24/c1-3-8-13(2)9-7-12-14-10-5-4-6-11-14/h3,7,9,13-14H,1,4-6,8,10-12H2,2H3/b9-7-. The van der Waals surface area contributed by atoms with Crippen molar-refractivity contribution in [3.8, 4) is 0 Å². The maximum absolute atomic E-state index is 3.76. The van der Waals surface area contributed by atoms with Gasteiger partial charge in [-0.2, -0.15) is 0 Å². The van der Waals surface area contributed by atoms with Crippen LogP contribution in [-0.4, -0.2) is 0 Å². The highest BCUT2D eigenvalue weighted by molar-refractivity contribution is 4.91. The minimum absolute atomic E-state index is 0.677. The summed E-state index contributed by atoms with van der Waals surface area (Å²) in [7, 11) is 0. The summed E-state index contributed by atoms with van der Waals surface area (Å²) in [6, 6.07) is 0. The molecule has 80 valence electrons. The van der Waals surface area contributed by atoms with E-state index >= 15 is 0 Å². The average Bonchev–Trinajstić information content (AvgIpc) is 2.20. The second kappa shape index (κ2) is 6.86. The smallest absolute Gasteiger partial charge is 0.0227 e. The van der Waals surface area contributed by atoms with Gasteiger partial charge in [0.1, 0.15) is 0 Å². The molecule has 0 aromatic carbocycles. The monoisotopic (exact) mass is 192 g/mol. The zero-order valence-electron chi connectivity index (χ0n) is 9.54. The van der Waals surface area contributed by atoms with E-state index in [0.29, 0.717) is 5.92 Å². The topological polar surface area (TPSA) is 0 Å². The van der Waals surface area contributed by atoms with Gasteiger partial charge in [-0.3, -0.25) is 0 Å². The number of rotatable bonds is 5. The highest BCUT2D eigenvalue weighted by Crippen LogP contribution is 2.26. The Hall–Kier alpha value is -0.520. The number of allylic oxidation sites excluding steroid dienone is 3. The fraction of sp³-hybridized carbons (Fsp3) is 0.714. The second-order valence-electron chi connectivity index (χ2n) is 4.67. The zero-order valence-corrected chi connectivity index (χ0v) is 9.54. The lowest BCUT2D eigenvalue weighted by molar-refractivity contribution is 0.361. The minimum atomic E-state index is 0.677. The first-order chi connectivity index (χ1) is 6.83. The summed E-state index contributed by atoms with van der Waals surface area (Å²) in [5.74, 6) is 1.66. The Bertz CT molecular complexity index is 172. The minimum Gasteiger partial charge on any atom is -0.103 e. The Morgan fingerprint density at radius 1 is 1.29 bits per heavy atom. The fourth-order valence-electron chi connectivity index (χ4n) is 2.27. The van der Waals surface area contributed by atoms with Crippen LogP contribution in [0.25, 0.3) is 0 Å². The Balaban J connectivity index is 2.14. The molecule has 0 bridgehead atoms. The van der Waals surface area contributed by atoms with Gasteiger partial charge in [0.2, 0.25) is 0 Å². The molecule has 0 N–H and O–H groups in total. The molecule has 0 aromatic heterocycles. The van der Waals surface area contributed by atoms with Crippen molar-refractivity contribution in [1.82, 2.24) is 0 Å². The normalized spacial score (nSPS) is 21.2. The molecular weight excluding hydrogens is 168 g/mol. The van der Waals surface area contributed by atoms with Crippen LogP contribution in [0.2, 0.25) is 0 Å². The summed E-state index contributed by atoms with van der Waals surface area (Å²) < 4.78 is 0. The lowest BCUT2D eigenvalue weighted by atomic mass is 9.87. The number of hydrogen-bond donors (Lipinski definition) is 0. The van der Waals surface area contributed by atoms with Crippen LogP contribution in [-0.2, 0) is 0 Å². The van der Waals surface area contributed by atoms with Crippen molar-refractivity contribution in [3.63, 3.8) is 0 Å². The molecule has 1 fully saturated rings. The molecule has 1 saturated carbocycles. The maximum Gasteiger partial charge on any atom is -0.0227 e. The van der Waals surface area contributed by atoms with Crippen LogP contribution in [0.15, 0.2) is 24.8 Å². The van der Waals surface area contributed by atoms with E-state index in [9.17, 15) is 0 Å². The number of hydrogen-bond acceptors (Lipinski definition) is 0. The molecule has 0 spiro atoms. The summed E-state index contributed by atoms with van der Waals surface area (Å²) in [6.07, 6.45) is 16.5. The van der Waals surface area contributed by atoms with Crippen LogP contribution in [0.4, 0.5) is 0 Å². The predicted molar refractivity (Wildman–Crippen MR) is 64.3 cm³/mol. The van der Waals surface area contributed by atoms with E-state index in [1.54, 1.807) is 0 Å². The van der Waals surface area contributed by atoms with Crippen molar-refractivity contribution in [2.75, 3.05) is 0 Å². The molecule has 0 aliphatic heterocycles. The summed E-state index contributed by atoms with van der Waals surface area (Å²) in [6.45, 7) is 6.03. The summed E-state index contributed by atoms with van der Waals surface area (Å²) in [4.78, 5) is 0. The highest BCUT2D eigenvalue weighted by Gasteiger charge is 2.11. The van der Waals surface area contributed by atoms with E-state index in [1.165, 1.54) is 38.5 Å². The van der Waals surface area contributed by atoms with Crippen molar-refractivity contribution in [2.45, 2.75) is 51.9 Å². The first-order valence-corrected chi connectivity index (χ1v) is 6.10. The molecule has 1 atom stereocenters. The molecule has 0 aromatic rings. The summed E-state index contributed by atoms with van der Waals surface area (Å²) in [5.41, 5.74) is 0. The van der Waals surface area contributed by atoms with Crippen LogP contribution in [0, 0.1) is 11.8 Å². The van der Waals surface area contributed by atoms with E-state index < -0.39 is 0 Å².